The van der Waals surface area contributed by atoms with Crippen LogP contribution >= 0.6 is 11.8 Å². The maximum absolute atomic E-state index is 3.63. The normalized spacial score (nSPS) is 15.2. The SMILES string of the molecule is CCC1=C(CC)N(c2c(CC)cccc2-c2cc(C(C)(C)C)cc(C(C)(C)C)c2)[C]S1. The molecule has 0 aromatic heterocycles. The Morgan fingerprint density at radius 3 is 1.90 bits per heavy atom. The molecule has 2 heteroatoms. The zero-order chi connectivity index (χ0) is 23.0. The van der Waals surface area contributed by atoms with Crippen LogP contribution < -0.4 is 4.90 Å². The highest BCUT2D eigenvalue weighted by Gasteiger charge is 2.28. The van der Waals surface area contributed by atoms with E-state index in [1.165, 1.54) is 44.1 Å². The van der Waals surface area contributed by atoms with Gasteiger partial charge in [-0.15, -0.1) is 0 Å². The monoisotopic (exact) mass is 433 g/mol. The maximum Gasteiger partial charge on any atom is 0.169 e. The number of anilines is 1. The molecule has 0 amide bonds. The van der Waals surface area contributed by atoms with Crippen molar-refractivity contribution in [3.05, 3.63) is 69.6 Å². The van der Waals surface area contributed by atoms with Crippen LogP contribution in [-0.2, 0) is 17.3 Å². The number of nitrogens with zero attached hydrogens (tertiary/aromatic N) is 1. The van der Waals surface area contributed by atoms with Crippen molar-refractivity contribution in [1.29, 1.82) is 0 Å². The molecule has 1 aliphatic rings. The fraction of sp³-hybridized carbons (Fsp3) is 0.483. The van der Waals surface area contributed by atoms with Crippen molar-refractivity contribution in [1.82, 2.24) is 0 Å². The zero-order valence-corrected chi connectivity index (χ0v) is 21.8. The van der Waals surface area contributed by atoms with Gasteiger partial charge in [0.25, 0.3) is 0 Å². The van der Waals surface area contributed by atoms with Gasteiger partial charge in [-0.2, -0.15) is 0 Å². The fourth-order valence-electron chi connectivity index (χ4n) is 4.17. The summed E-state index contributed by atoms with van der Waals surface area (Å²) < 4.78 is 0. The van der Waals surface area contributed by atoms with E-state index in [9.17, 15) is 0 Å². The Kier molecular flexibility index (Phi) is 7.01. The summed E-state index contributed by atoms with van der Waals surface area (Å²) in [4.78, 5) is 3.80. The highest BCUT2D eigenvalue weighted by atomic mass is 32.2. The number of allylic oxidation sites excluding steroid dienone is 2. The molecule has 1 nitrogen and oxygen atoms in total. The van der Waals surface area contributed by atoms with Crippen molar-refractivity contribution in [3.63, 3.8) is 0 Å². The van der Waals surface area contributed by atoms with Gasteiger partial charge in [-0.1, -0.05) is 110 Å². The van der Waals surface area contributed by atoms with E-state index in [1.807, 2.05) is 0 Å². The van der Waals surface area contributed by atoms with E-state index < -0.39 is 0 Å². The molecule has 1 aliphatic heterocycles. The second-order valence-corrected chi connectivity index (χ2v) is 11.5. The molecule has 0 saturated carbocycles. The maximum atomic E-state index is 3.63. The number of thioether (sulfide) groups is 1. The van der Waals surface area contributed by atoms with Gasteiger partial charge in [-0.3, -0.25) is 0 Å². The molecule has 2 radical (unpaired) electrons. The Morgan fingerprint density at radius 1 is 0.806 bits per heavy atom. The smallest absolute Gasteiger partial charge is 0.169 e. The Bertz CT molecular complexity index is 937. The first-order valence-corrected chi connectivity index (χ1v) is 12.6. The third-order valence-electron chi connectivity index (χ3n) is 6.21. The molecule has 31 heavy (non-hydrogen) atoms. The van der Waals surface area contributed by atoms with Crippen LogP contribution in [0, 0.1) is 5.88 Å². The summed E-state index contributed by atoms with van der Waals surface area (Å²) in [6.07, 6.45) is 3.10. The van der Waals surface area contributed by atoms with E-state index in [0.29, 0.717) is 0 Å². The van der Waals surface area contributed by atoms with Gasteiger partial charge in [0.2, 0.25) is 0 Å². The minimum Gasteiger partial charge on any atom is -0.322 e. The predicted molar refractivity (Wildman–Crippen MR) is 140 cm³/mol. The van der Waals surface area contributed by atoms with E-state index >= 15 is 0 Å². The number of hydrogen-bond acceptors (Lipinski definition) is 2. The van der Waals surface area contributed by atoms with Crippen molar-refractivity contribution in [2.75, 3.05) is 4.90 Å². The standard InChI is InChI=1S/C29H39NS/c1-10-20-14-13-15-24(27(20)30-19-31-26(12-3)25(30)11-2)21-16-22(28(4,5)6)18-23(17-21)29(7,8)9/h13-18H,10-12H2,1-9H3. The van der Waals surface area contributed by atoms with E-state index in [-0.39, 0.29) is 10.8 Å². The second kappa shape index (κ2) is 9.06. The number of benzene rings is 2. The lowest BCUT2D eigenvalue weighted by Gasteiger charge is -2.29. The fourth-order valence-corrected chi connectivity index (χ4v) is 5.08. The first-order chi connectivity index (χ1) is 14.5. The highest BCUT2D eigenvalue weighted by Crippen LogP contribution is 2.47. The Morgan fingerprint density at radius 2 is 1.42 bits per heavy atom. The quantitative estimate of drug-likeness (QED) is 0.462. The number of aryl methyl sites for hydroxylation is 1. The first-order valence-electron chi connectivity index (χ1n) is 11.7. The molecule has 0 aliphatic carbocycles. The molecule has 0 spiro atoms. The molecular weight excluding hydrogens is 394 g/mol. The predicted octanol–water partition coefficient (Wildman–Crippen LogP) is 9.09. The van der Waals surface area contributed by atoms with Crippen LogP contribution in [0.3, 0.4) is 0 Å². The number of rotatable bonds is 5. The summed E-state index contributed by atoms with van der Waals surface area (Å²) in [5, 5.41) is 0. The molecule has 0 N–H and O–H groups in total. The van der Waals surface area contributed by atoms with Crippen molar-refractivity contribution in [2.24, 2.45) is 0 Å². The van der Waals surface area contributed by atoms with Crippen LogP contribution in [0.15, 0.2) is 47.0 Å². The largest absolute Gasteiger partial charge is 0.322 e. The average molecular weight is 434 g/mol. The van der Waals surface area contributed by atoms with Gasteiger partial charge in [0.05, 0.1) is 5.69 Å². The Hall–Kier alpha value is -1.67. The molecule has 3 rings (SSSR count). The molecule has 0 fully saturated rings. The lowest BCUT2D eigenvalue weighted by molar-refractivity contribution is 0.569. The topological polar surface area (TPSA) is 3.24 Å². The summed E-state index contributed by atoms with van der Waals surface area (Å²) in [6, 6.07) is 14.0. The van der Waals surface area contributed by atoms with Gasteiger partial charge >= 0.3 is 0 Å². The third-order valence-corrected chi connectivity index (χ3v) is 7.25. The first kappa shape index (κ1) is 24.0. The van der Waals surface area contributed by atoms with Gasteiger partial charge in [-0.25, -0.2) is 0 Å². The number of para-hydroxylation sites is 1. The lowest BCUT2D eigenvalue weighted by atomic mass is 9.78. The van der Waals surface area contributed by atoms with E-state index in [1.54, 1.807) is 11.8 Å². The van der Waals surface area contributed by atoms with E-state index in [0.717, 1.165) is 19.3 Å². The van der Waals surface area contributed by atoms with Crippen LogP contribution in [-0.4, -0.2) is 0 Å². The molecule has 2 aromatic rings. The number of hydrogen-bond donors (Lipinski definition) is 0. The minimum absolute atomic E-state index is 0.101. The van der Waals surface area contributed by atoms with Crippen LogP contribution in [0.1, 0.15) is 91.8 Å². The van der Waals surface area contributed by atoms with Gasteiger partial charge < -0.3 is 4.90 Å². The van der Waals surface area contributed by atoms with Crippen molar-refractivity contribution in [2.45, 2.75) is 92.4 Å². The molecule has 0 bridgehead atoms. The molecule has 1 heterocycles. The van der Waals surface area contributed by atoms with Gasteiger partial charge in [-0.05, 0) is 52.3 Å². The Balaban J connectivity index is 2.29. The molecule has 2 aromatic carbocycles. The summed E-state index contributed by atoms with van der Waals surface area (Å²) in [5.74, 6) is 3.63. The van der Waals surface area contributed by atoms with Gasteiger partial charge in [0.1, 0.15) is 0 Å². The Labute approximate surface area is 195 Å². The minimum atomic E-state index is 0.101. The van der Waals surface area contributed by atoms with Crippen LogP contribution in [0.4, 0.5) is 5.69 Å². The lowest BCUT2D eigenvalue weighted by Crippen LogP contribution is -2.18. The molecule has 0 saturated heterocycles. The summed E-state index contributed by atoms with van der Waals surface area (Å²) >= 11 is 1.77. The third kappa shape index (κ3) is 4.90. The van der Waals surface area contributed by atoms with Crippen LogP contribution in [0.2, 0.25) is 0 Å². The van der Waals surface area contributed by atoms with Crippen LogP contribution in [0.25, 0.3) is 11.1 Å². The van der Waals surface area contributed by atoms with Crippen LogP contribution in [0.5, 0.6) is 0 Å². The van der Waals surface area contributed by atoms with E-state index in [2.05, 4.69) is 109 Å². The van der Waals surface area contributed by atoms with Crippen molar-refractivity contribution in [3.8, 4) is 11.1 Å². The average Bonchev–Trinajstić information content (AvgIpc) is 3.14. The molecular formula is C29H39NS. The zero-order valence-electron chi connectivity index (χ0n) is 20.9. The second-order valence-electron chi connectivity index (χ2n) is 10.6. The summed E-state index contributed by atoms with van der Waals surface area (Å²) in [7, 11) is 0. The van der Waals surface area contributed by atoms with Crippen molar-refractivity contribution >= 4 is 17.4 Å². The molecule has 166 valence electrons. The van der Waals surface area contributed by atoms with Gasteiger partial charge in [0, 0.05) is 16.2 Å². The van der Waals surface area contributed by atoms with E-state index in [4.69, 9.17) is 0 Å². The molecule has 0 atom stereocenters. The molecule has 0 unspecified atom stereocenters. The van der Waals surface area contributed by atoms with Crippen molar-refractivity contribution < 1.29 is 0 Å². The summed E-state index contributed by atoms with van der Waals surface area (Å²) in [6.45, 7) is 20.6. The van der Waals surface area contributed by atoms with Gasteiger partial charge in [0.15, 0.2) is 5.88 Å². The summed E-state index contributed by atoms with van der Waals surface area (Å²) in [5.41, 5.74) is 9.71. The highest BCUT2D eigenvalue weighted by molar-refractivity contribution is 8.05.